The Balaban J connectivity index is 2.65. The van der Waals surface area contributed by atoms with Crippen LogP contribution in [0, 0.1) is 11.3 Å². The normalized spacial score (nSPS) is 11.2. The average Bonchev–Trinajstić information content (AvgIpc) is 2.33. The fraction of sp³-hybridized carbons (Fsp3) is 0.429. The van der Waals surface area contributed by atoms with Gasteiger partial charge in [0, 0.05) is 11.8 Å². The summed E-state index contributed by atoms with van der Waals surface area (Å²) in [5.41, 5.74) is 0.492. The van der Waals surface area contributed by atoms with Crippen LogP contribution >= 0.6 is 0 Å². The maximum absolute atomic E-state index is 11.8. The Hall–Kier alpha value is -1.51. The van der Waals surface area contributed by atoms with Gasteiger partial charge in [-0.1, -0.05) is 0 Å². The topological polar surface area (TPSA) is 41.6 Å². The highest BCUT2D eigenvalue weighted by atomic mass is 19.4. The van der Waals surface area contributed by atoms with Crippen molar-refractivity contribution in [3.05, 3.63) is 18.0 Å². The predicted octanol–water partition coefficient (Wildman–Crippen LogP) is 1.51. The quantitative estimate of drug-likeness (QED) is 0.707. The Labute approximate surface area is 72.4 Å². The lowest BCUT2D eigenvalue weighted by molar-refractivity contribution is -0.142. The second-order valence-electron chi connectivity index (χ2n) is 2.50. The maximum atomic E-state index is 11.8. The Kier molecular flexibility index (Phi) is 2.56. The number of rotatable bonds is 2. The van der Waals surface area contributed by atoms with Crippen LogP contribution in [0.25, 0.3) is 0 Å². The summed E-state index contributed by atoms with van der Waals surface area (Å²) in [7, 11) is 0. The Bertz CT molecular complexity index is 320. The monoisotopic (exact) mass is 189 g/mol. The molecule has 0 spiro atoms. The molecule has 0 N–H and O–H groups in total. The van der Waals surface area contributed by atoms with Crippen LogP contribution in [0.5, 0.6) is 0 Å². The largest absolute Gasteiger partial charge is 0.408 e. The molecule has 0 radical (unpaired) electrons. The van der Waals surface area contributed by atoms with Crippen LogP contribution < -0.4 is 0 Å². The van der Waals surface area contributed by atoms with Crippen molar-refractivity contribution < 1.29 is 13.2 Å². The summed E-state index contributed by atoms with van der Waals surface area (Å²) in [5, 5.41) is 11.7. The van der Waals surface area contributed by atoms with Crippen molar-refractivity contribution in [3.63, 3.8) is 0 Å². The number of nitriles is 1. The number of alkyl halides is 3. The Morgan fingerprint density at radius 3 is 2.77 bits per heavy atom. The van der Waals surface area contributed by atoms with Crippen molar-refractivity contribution in [3.8, 4) is 6.07 Å². The van der Waals surface area contributed by atoms with Gasteiger partial charge in [0.1, 0.15) is 6.54 Å². The second-order valence-corrected chi connectivity index (χ2v) is 2.50. The summed E-state index contributed by atoms with van der Waals surface area (Å²) in [5.74, 6) is 0. The number of nitrogens with zero attached hydrogens (tertiary/aromatic N) is 3. The van der Waals surface area contributed by atoms with Crippen LogP contribution in [-0.4, -0.2) is 16.0 Å². The molecule has 0 amide bonds. The standard InChI is InChI=1S/C7H6F3N3/c8-7(9,10)5-13-4-6(1-2-11)3-12-13/h3-4H,1,5H2. The first kappa shape index (κ1) is 9.58. The molecule has 1 aromatic heterocycles. The molecule has 1 rings (SSSR count). The molecule has 0 atom stereocenters. The Morgan fingerprint density at radius 2 is 2.23 bits per heavy atom. The van der Waals surface area contributed by atoms with Gasteiger partial charge in [-0.2, -0.15) is 23.5 Å². The Morgan fingerprint density at radius 1 is 1.54 bits per heavy atom. The molecular weight excluding hydrogens is 183 g/mol. The third kappa shape index (κ3) is 3.15. The predicted molar refractivity (Wildman–Crippen MR) is 37.6 cm³/mol. The lowest BCUT2D eigenvalue weighted by atomic mass is 10.3. The van der Waals surface area contributed by atoms with Gasteiger partial charge in [-0.15, -0.1) is 0 Å². The van der Waals surface area contributed by atoms with Gasteiger partial charge in [0.05, 0.1) is 18.7 Å². The first-order valence-electron chi connectivity index (χ1n) is 3.46. The van der Waals surface area contributed by atoms with Gasteiger partial charge in [0.15, 0.2) is 0 Å². The number of hydrogen-bond acceptors (Lipinski definition) is 2. The van der Waals surface area contributed by atoms with Crippen LogP contribution in [0.2, 0.25) is 0 Å². The fourth-order valence-electron chi connectivity index (χ4n) is 0.859. The van der Waals surface area contributed by atoms with Crippen LogP contribution in [0.4, 0.5) is 13.2 Å². The van der Waals surface area contributed by atoms with Gasteiger partial charge >= 0.3 is 6.18 Å². The van der Waals surface area contributed by atoms with E-state index in [2.05, 4.69) is 5.10 Å². The summed E-state index contributed by atoms with van der Waals surface area (Å²) in [6.07, 6.45) is -1.71. The number of hydrogen-bond donors (Lipinski definition) is 0. The number of aromatic nitrogens is 2. The molecule has 3 nitrogen and oxygen atoms in total. The fourth-order valence-corrected chi connectivity index (χ4v) is 0.859. The molecule has 0 aliphatic rings. The average molecular weight is 189 g/mol. The van der Waals surface area contributed by atoms with E-state index in [1.807, 2.05) is 6.07 Å². The van der Waals surface area contributed by atoms with Crippen molar-refractivity contribution in [2.75, 3.05) is 0 Å². The first-order valence-corrected chi connectivity index (χ1v) is 3.46. The molecule has 6 heteroatoms. The van der Waals surface area contributed by atoms with Crippen LogP contribution in [-0.2, 0) is 13.0 Å². The molecule has 0 fully saturated rings. The molecule has 0 saturated carbocycles. The van der Waals surface area contributed by atoms with Crippen LogP contribution in [0.15, 0.2) is 12.4 Å². The van der Waals surface area contributed by atoms with Gasteiger partial charge in [-0.3, -0.25) is 4.68 Å². The van der Waals surface area contributed by atoms with E-state index < -0.39 is 12.7 Å². The smallest absolute Gasteiger partial charge is 0.263 e. The zero-order valence-corrected chi connectivity index (χ0v) is 6.54. The SMILES string of the molecule is N#CCc1cnn(CC(F)(F)F)c1. The highest BCUT2D eigenvalue weighted by Gasteiger charge is 2.28. The molecule has 0 aromatic carbocycles. The van der Waals surface area contributed by atoms with Crippen LogP contribution in [0.3, 0.4) is 0 Å². The minimum absolute atomic E-state index is 0.0812. The van der Waals surface area contributed by atoms with Gasteiger partial charge < -0.3 is 0 Å². The van der Waals surface area contributed by atoms with E-state index in [9.17, 15) is 13.2 Å². The van der Waals surface area contributed by atoms with Crippen molar-refractivity contribution in [2.24, 2.45) is 0 Å². The third-order valence-electron chi connectivity index (χ3n) is 1.31. The third-order valence-corrected chi connectivity index (χ3v) is 1.31. The molecule has 13 heavy (non-hydrogen) atoms. The minimum Gasteiger partial charge on any atom is -0.263 e. The highest BCUT2D eigenvalue weighted by molar-refractivity contribution is 5.09. The summed E-state index contributed by atoms with van der Waals surface area (Å²) >= 11 is 0. The molecule has 0 aliphatic heterocycles. The molecular formula is C7H6F3N3. The van der Waals surface area contributed by atoms with E-state index in [4.69, 9.17) is 5.26 Å². The van der Waals surface area contributed by atoms with E-state index >= 15 is 0 Å². The molecule has 0 unspecified atom stereocenters. The van der Waals surface area contributed by atoms with E-state index in [1.54, 1.807) is 0 Å². The van der Waals surface area contributed by atoms with Crippen molar-refractivity contribution >= 4 is 0 Å². The van der Waals surface area contributed by atoms with Gasteiger partial charge in [0.2, 0.25) is 0 Å². The second kappa shape index (κ2) is 3.47. The summed E-state index contributed by atoms with van der Waals surface area (Å²) in [6.45, 7) is -1.11. The molecule has 0 bridgehead atoms. The lowest BCUT2D eigenvalue weighted by Gasteiger charge is -2.04. The highest BCUT2D eigenvalue weighted by Crippen LogP contribution is 2.16. The molecule has 0 saturated heterocycles. The van der Waals surface area contributed by atoms with Gasteiger partial charge in [-0.25, -0.2) is 0 Å². The van der Waals surface area contributed by atoms with E-state index in [1.165, 1.54) is 12.4 Å². The molecule has 1 aromatic rings. The van der Waals surface area contributed by atoms with Crippen molar-refractivity contribution in [1.82, 2.24) is 9.78 Å². The number of halogens is 3. The zero-order chi connectivity index (χ0) is 9.90. The van der Waals surface area contributed by atoms with E-state index in [0.717, 1.165) is 4.68 Å². The summed E-state index contributed by atoms with van der Waals surface area (Å²) in [4.78, 5) is 0. The van der Waals surface area contributed by atoms with Crippen molar-refractivity contribution in [1.29, 1.82) is 5.26 Å². The molecule has 0 aliphatic carbocycles. The van der Waals surface area contributed by atoms with E-state index in [-0.39, 0.29) is 6.42 Å². The maximum Gasteiger partial charge on any atom is 0.408 e. The van der Waals surface area contributed by atoms with E-state index in [0.29, 0.717) is 5.56 Å². The molecule has 70 valence electrons. The summed E-state index contributed by atoms with van der Waals surface area (Å²) < 4.78 is 36.2. The van der Waals surface area contributed by atoms with Gasteiger partial charge in [0.25, 0.3) is 0 Å². The van der Waals surface area contributed by atoms with Crippen LogP contribution in [0.1, 0.15) is 5.56 Å². The minimum atomic E-state index is -4.27. The first-order chi connectivity index (χ1) is 6.01. The zero-order valence-electron chi connectivity index (χ0n) is 6.54. The van der Waals surface area contributed by atoms with Gasteiger partial charge in [-0.05, 0) is 0 Å². The van der Waals surface area contributed by atoms with Crippen molar-refractivity contribution in [2.45, 2.75) is 19.1 Å². The summed E-state index contributed by atoms with van der Waals surface area (Å²) in [6, 6.07) is 1.83. The molecule has 1 heterocycles. The lowest BCUT2D eigenvalue weighted by Crippen LogP contribution is -2.17.